The van der Waals surface area contributed by atoms with E-state index in [9.17, 15) is 14.5 Å². The minimum atomic E-state index is -0.731. The highest BCUT2D eigenvalue weighted by Crippen LogP contribution is 2.27. The third-order valence-electron chi connectivity index (χ3n) is 1.59. The Morgan fingerprint density at radius 2 is 2.33 bits per heavy atom. The molecular formula is C9H7FN2O3. The van der Waals surface area contributed by atoms with Crippen LogP contribution in [-0.2, 0) is 0 Å². The van der Waals surface area contributed by atoms with Crippen molar-refractivity contribution in [1.82, 2.24) is 0 Å². The number of nitro groups is 1. The van der Waals surface area contributed by atoms with Crippen LogP contribution >= 0.6 is 0 Å². The molecule has 0 saturated heterocycles. The molecule has 0 bridgehead atoms. The van der Waals surface area contributed by atoms with E-state index in [2.05, 4.69) is 0 Å². The van der Waals surface area contributed by atoms with Gasteiger partial charge in [0.25, 0.3) is 0 Å². The van der Waals surface area contributed by atoms with E-state index >= 15 is 0 Å². The van der Waals surface area contributed by atoms with Crippen molar-refractivity contribution in [3.8, 4) is 11.8 Å². The van der Waals surface area contributed by atoms with E-state index in [0.717, 1.165) is 12.1 Å². The molecule has 6 heteroatoms. The standard InChI is InChI=1S/C9H7FN2O3/c10-7-2-3-9(15-5-1-4-11)8(6-7)12(13)14/h2-3,6H,1,5H2. The van der Waals surface area contributed by atoms with Gasteiger partial charge < -0.3 is 4.74 Å². The molecule has 0 spiro atoms. The maximum absolute atomic E-state index is 12.7. The summed E-state index contributed by atoms with van der Waals surface area (Å²) >= 11 is 0. The van der Waals surface area contributed by atoms with Crippen molar-refractivity contribution in [2.24, 2.45) is 0 Å². The van der Waals surface area contributed by atoms with Crippen LogP contribution in [0, 0.1) is 27.3 Å². The zero-order valence-electron chi connectivity index (χ0n) is 7.64. The second-order valence-electron chi connectivity index (χ2n) is 2.63. The first-order valence-electron chi connectivity index (χ1n) is 4.09. The van der Waals surface area contributed by atoms with E-state index in [4.69, 9.17) is 10.00 Å². The highest BCUT2D eigenvalue weighted by Gasteiger charge is 2.15. The number of rotatable bonds is 4. The molecule has 0 aromatic heterocycles. The van der Waals surface area contributed by atoms with Crippen LogP contribution in [0.2, 0.25) is 0 Å². The number of hydrogen-bond acceptors (Lipinski definition) is 4. The molecule has 0 atom stereocenters. The Labute approximate surface area is 84.9 Å². The van der Waals surface area contributed by atoms with Crippen molar-refractivity contribution in [2.75, 3.05) is 6.61 Å². The molecule has 0 unspecified atom stereocenters. The molecule has 1 aromatic rings. The van der Waals surface area contributed by atoms with E-state index in [1.54, 1.807) is 0 Å². The molecule has 0 fully saturated rings. The smallest absolute Gasteiger partial charge is 0.313 e. The average Bonchev–Trinajstić information content (AvgIpc) is 2.20. The molecule has 15 heavy (non-hydrogen) atoms. The van der Waals surface area contributed by atoms with Crippen molar-refractivity contribution in [3.63, 3.8) is 0 Å². The molecule has 0 saturated carbocycles. The second kappa shape index (κ2) is 4.91. The van der Waals surface area contributed by atoms with Gasteiger partial charge in [0.2, 0.25) is 0 Å². The summed E-state index contributed by atoms with van der Waals surface area (Å²) in [6.45, 7) is 0.0446. The first kappa shape index (κ1) is 10.9. The fourth-order valence-electron chi connectivity index (χ4n) is 0.962. The molecule has 0 aliphatic heterocycles. The molecule has 5 nitrogen and oxygen atoms in total. The lowest BCUT2D eigenvalue weighted by Gasteiger charge is -2.03. The predicted octanol–water partition coefficient (Wildman–Crippen LogP) is 2.03. The summed E-state index contributed by atoms with van der Waals surface area (Å²) in [5.41, 5.74) is -0.437. The van der Waals surface area contributed by atoms with Crippen LogP contribution in [0.15, 0.2) is 18.2 Å². The summed E-state index contributed by atoms with van der Waals surface area (Å²) in [6, 6.07) is 4.84. The van der Waals surface area contributed by atoms with Crippen LogP contribution in [0.1, 0.15) is 6.42 Å². The van der Waals surface area contributed by atoms with E-state index in [1.807, 2.05) is 6.07 Å². The van der Waals surface area contributed by atoms with Crippen LogP contribution in [0.5, 0.6) is 5.75 Å². The van der Waals surface area contributed by atoms with Gasteiger partial charge in [0.15, 0.2) is 5.75 Å². The minimum Gasteiger partial charge on any atom is -0.486 e. The summed E-state index contributed by atoms with van der Waals surface area (Å²) in [5, 5.41) is 18.7. The van der Waals surface area contributed by atoms with Gasteiger partial charge in [-0.2, -0.15) is 5.26 Å². The van der Waals surface area contributed by atoms with Gasteiger partial charge in [-0.3, -0.25) is 10.1 Å². The maximum Gasteiger partial charge on any atom is 0.313 e. The zero-order chi connectivity index (χ0) is 11.3. The number of benzene rings is 1. The molecule has 0 aliphatic carbocycles. The highest BCUT2D eigenvalue weighted by atomic mass is 19.1. The van der Waals surface area contributed by atoms with Crippen LogP contribution in [0.3, 0.4) is 0 Å². The Kier molecular flexibility index (Phi) is 3.57. The quantitative estimate of drug-likeness (QED) is 0.432. The summed E-state index contributed by atoms with van der Waals surface area (Å²) in [5.74, 6) is -0.731. The lowest BCUT2D eigenvalue weighted by molar-refractivity contribution is -0.386. The van der Waals surface area contributed by atoms with Crippen molar-refractivity contribution < 1.29 is 14.1 Å². The van der Waals surface area contributed by atoms with E-state index < -0.39 is 16.4 Å². The lowest BCUT2D eigenvalue weighted by Crippen LogP contribution is -2.00. The third-order valence-corrected chi connectivity index (χ3v) is 1.59. The normalized spacial score (nSPS) is 9.33. The van der Waals surface area contributed by atoms with Crippen molar-refractivity contribution in [1.29, 1.82) is 5.26 Å². The first-order valence-corrected chi connectivity index (χ1v) is 4.09. The number of nitrogens with zero attached hydrogens (tertiary/aromatic N) is 2. The zero-order valence-corrected chi connectivity index (χ0v) is 7.64. The number of halogens is 1. The van der Waals surface area contributed by atoms with Crippen LogP contribution in [-0.4, -0.2) is 11.5 Å². The van der Waals surface area contributed by atoms with E-state index in [0.29, 0.717) is 0 Å². The number of ether oxygens (including phenoxy) is 1. The van der Waals surface area contributed by atoms with Gasteiger partial charge in [0.1, 0.15) is 12.4 Å². The number of nitriles is 1. The third kappa shape index (κ3) is 2.91. The molecule has 1 rings (SSSR count). The number of hydrogen-bond donors (Lipinski definition) is 0. The van der Waals surface area contributed by atoms with Crippen LogP contribution in [0.4, 0.5) is 10.1 Å². The molecule has 0 N–H and O–H groups in total. The number of nitro benzene ring substituents is 1. The van der Waals surface area contributed by atoms with Gasteiger partial charge in [-0.05, 0) is 12.1 Å². The van der Waals surface area contributed by atoms with E-state index in [1.165, 1.54) is 6.07 Å². The summed E-state index contributed by atoms with van der Waals surface area (Å²) < 4.78 is 17.6. The van der Waals surface area contributed by atoms with Crippen LogP contribution < -0.4 is 4.74 Å². The van der Waals surface area contributed by atoms with Crippen LogP contribution in [0.25, 0.3) is 0 Å². The molecule has 78 valence electrons. The molecule has 0 amide bonds. The monoisotopic (exact) mass is 210 g/mol. The van der Waals surface area contributed by atoms with E-state index in [-0.39, 0.29) is 18.8 Å². The lowest BCUT2D eigenvalue weighted by atomic mass is 10.3. The minimum absolute atomic E-state index is 0.0309. The molecule has 1 aromatic carbocycles. The van der Waals surface area contributed by atoms with Gasteiger partial charge >= 0.3 is 5.69 Å². The van der Waals surface area contributed by atoms with Gasteiger partial charge in [0, 0.05) is 0 Å². The Balaban J connectivity index is 2.87. The Hall–Kier alpha value is -2.16. The highest BCUT2D eigenvalue weighted by molar-refractivity contribution is 5.46. The molecule has 0 aliphatic rings. The predicted molar refractivity (Wildman–Crippen MR) is 48.8 cm³/mol. The second-order valence-corrected chi connectivity index (χ2v) is 2.63. The first-order chi connectivity index (χ1) is 7.15. The fourth-order valence-corrected chi connectivity index (χ4v) is 0.962. The Morgan fingerprint density at radius 3 is 2.93 bits per heavy atom. The molecule has 0 heterocycles. The van der Waals surface area contributed by atoms with Crippen molar-refractivity contribution in [3.05, 3.63) is 34.1 Å². The summed E-state index contributed by atoms with van der Waals surface area (Å²) in [6.07, 6.45) is 0.120. The van der Waals surface area contributed by atoms with Gasteiger partial charge in [-0.1, -0.05) is 0 Å². The fraction of sp³-hybridized carbons (Fsp3) is 0.222. The largest absolute Gasteiger partial charge is 0.486 e. The average molecular weight is 210 g/mol. The van der Waals surface area contributed by atoms with Gasteiger partial charge in [-0.15, -0.1) is 0 Å². The maximum atomic E-state index is 12.7. The van der Waals surface area contributed by atoms with Crippen molar-refractivity contribution in [2.45, 2.75) is 6.42 Å². The molecule has 0 radical (unpaired) electrons. The van der Waals surface area contributed by atoms with Crippen molar-refractivity contribution >= 4 is 5.69 Å². The summed E-state index contributed by atoms with van der Waals surface area (Å²) in [4.78, 5) is 9.77. The summed E-state index contributed by atoms with van der Waals surface area (Å²) in [7, 11) is 0. The van der Waals surface area contributed by atoms with Gasteiger partial charge in [-0.25, -0.2) is 4.39 Å². The SMILES string of the molecule is N#CCCOc1ccc(F)cc1[N+](=O)[O-]. The molecular weight excluding hydrogens is 203 g/mol. The Morgan fingerprint density at radius 1 is 1.60 bits per heavy atom. The topological polar surface area (TPSA) is 76.2 Å². The van der Waals surface area contributed by atoms with Gasteiger partial charge in [0.05, 0.1) is 23.5 Å². The Bertz CT molecular complexity index is 414.